The molecule has 1 N–H and O–H groups in total. The molecular weight excluding hydrogens is 268 g/mol. The minimum atomic E-state index is -0.146. The van der Waals surface area contributed by atoms with E-state index in [0.29, 0.717) is 12.4 Å². The molecule has 0 aromatic heterocycles. The van der Waals surface area contributed by atoms with Crippen LogP contribution in [0.2, 0.25) is 0 Å². The van der Waals surface area contributed by atoms with Crippen LogP contribution in [-0.2, 0) is 9.53 Å². The van der Waals surface area contributed by atoms with Gasteiger partial charge in [0.25, 0.3) is 5.91 Å². The van der Waals surface area contributed by atoms with Gasteiger partial charge in [0, 0.05) is 38.0 Å². The van der Waals surface area contributed by atoms with Crippen molar-refractivity contribution in [1.29, 1.82) is 0 Å². The summed E-state index contributed by atoms with van der Waals surface area (Å²) in [5.41, 5.74) is 1.10. The van der Waals surface area contributed by atoms with Crippen LogP contribution >= 0.6 is 0 Å². The van der Waals surface area contributed by atoms with Crippen LogP contribution in [0.1, 0.15) is 20.8 Å². The van der Waals surface area contributed by atoms with Crippen molar-refractivity contribution in [2.24, 2.45) is 0 Å². The van der Waals surface area contributed by atoms with E-state index in [-0.39, 0.29) is 18.6 Å². The summed E-state index contributed by atoms with van der Waals surface area (Å²) in [5.74, 6) is 0.557. The van der Waals surface area contributed by atoms with E-state index in [9.17, 15) is 4.79 Å². The molecule has 0 fully saturated rings. The van der Waals surface area contributed by atoms with E-state index < -0.39 is 0 Å². The summed E-state index contributed by atoms with van der Waals surface area (Å²) in [5, 5.41) is 2.81. The Bertz CT molecular complexity index is 433. The summed E-state index contributed by atoms with van der Waals surface area (Å²) in [7, 11) is 1.61. The van der Waals surface area contributed by atoms with Crippen molar-refractivity contribution in [2.75, 3.05) is 38.3 Å². The molecule has 0 saturated carbocycles. The van der Waals surface area contributed by atoms with Crippen molar-refractivity contribution >= 4 is 11.6 Å². The van der Waals surface area contributed by atoms with E-state index in [0.717, 1.165) is 18.8 Å². The highest BCUT2D eigenvalue weighted by atomic mass is 16.5. The van der Waals surface area contributed by atoms with Crippen LogP contribution in [0.15, 0.2) is 24.3 Å². The zero-order valence-corrected chi connectivity index (χ0v) is 13.4. The second-order valence-electron chi connectivity index (χ2n) is 4.88. The molecule has 1 aromatic rings. The topological polar surface area (TPSA) is 50.8 Å². The number of hydrogen-bond acceptors (Lipinski definition) is 4. The van der Waals surface area contributed by atoms with Gasteiger partial charge in [0.1, 0.15) is 5.75 Å². The molecule has 0 spiro atoms. The highest BCUT2D eigenvalue weighted by Crippen LogP contribution is 2.20. The molecular formula is C16H26N2O3. The Morgan fingerprint density at radius 3 is 2.67 bits per heavy atom. The highest BCUT2D eigenvalue weighted by Gasteiger charge is 2.08. The van der Waals surface area contributed by atoms with Gasteiger partial charge in [-0.3, -0.25) is 4.79 Å². The van der Waals surface area contributed by atoms with E-state index in [4.69, 9.17) is 9.47 Å². The van der Waals surface area contributed by atoms with Gasteiger partial charge < -0.3 is 19.7 Å². The summed E-state index contributed by atoms with van der Waals surface area (Å²) in [6.45, 7) is 8.49. The molecule has 0 saturated heterocycles. The Labute approximate surface area is 127 Å². The molecule has 0 heterocycles. The van der Waals surface area contributed by atoms with Crippen LogP contribution in [-0.4, -0.2) is 45.4 Å². The highest BCUT2D eigenvalue weighted by molar-refractivity contribution is 5.77. The van der Waals surface area contributed by atoms with Crippen molar-refractivity contribution < 1.29 is 14.3 Å². The van der Waals surface area contributed by atoms with Crippen LogP contribution in [0, 0.1) is 0 Å². The maximum Gasteiger partial charge on any atom is 0.258 e. The number of carbonyl (C=O) groups excluding carboxylic acids is 1. The zero-order chi connectivity index (χ0) is 15.7. The number of rotatable bonds is 9. The minimum absolute atomic E-state index is 0.00968. The summed E-state index contributed by atoms with van der Waals surface area (Å²) >= 11 is 0. The lowest BCUT2D eigenvalue weighted by Gasteiger charge is -2.21. The zero-order valence-electron chi connectivity index (χ0n) is 13.4. The number of carbonyl (C=O) groups is 1. The lowest BCUT2D eigenvalue weighted by Crippen LogP contribution is -2.38. The number of ether oxygens (including phenoxy) is 2. The van der Waals surface area contributed by atoms with Crippen LogP contribution in [0.4, 0.5) is 5.69 Å². The van der Waals surface area contributed by atoms with Gasteiger partial charge in [-0.05, 0) is 32.9 Å². The third-order valence-electron chi connectivity index (χ3n) is 3.14. The van der Waals surface area contributed by atoms with Gasteiger partial charge in [-0.25, -0.2) is 0 Å². The molecule has 0 radical (unpaired) electrons. The van der Waals surface area contributed by atoms with Crippen molar-refractivity contribution in [2.45, 2.75) is 26.8 Å². The van der Waals surface area contributed by atoms with Gasteiger partial charge in [-0.15, -0.1) is 0 Å². The van der Waals surface area contributed by atoms with Gasteiger partial charge in [-0.1, -0.05) is 6.07 Å². The Morgan fingerprint density at radius 2 is 2.05 bits per heavy atom. The summed E-state index contributed by atoms with van der Waals surface area (Å²) in [4.78, 5) is 14.0. The number of hydrogen-bond donors (Lipinski definition) is 1. The van der Waals surface area contributed by atoms with Crippen LogP contribution < -0.4 is 15.0 Å². The normalized spacial score (nSPS) is 11.8. The smallest absolute Gasteiger partial charge is 0.258 e. The molecule has 5 nitrogen and oxygen atoms in total. The number of anilines is 1. The monoisotopic (exact) mass is 294 g/mol. The fourth-order valence-corrected chi connectivity index (χ4v) is 2.12. The number of benzene rings is 1. The van der Waals surface area contributed by atoms with Crippen molar-refractivity contribution in [3.8, 4) is 5.75 Å². The molecule has 1 rings (SSSR count). The predicted octanol–water partition coefficient (Wildman–Crippen LogP) is 2.06. The third-order valence-corrected chi connectivity index (χ3v) is 3.14. The van der Waals surface area contributed by atoms with Crippen molar-refractivity contribution in [1.82, 2.24) is 5.32 Å². The SMILES string of the molecule is CCN(CC)c1cccc(OCC(=O)N[C@H](C)COC)c1. The molecule has 21 heavy (non-hydrogen) atoms. The van der Waals surface area contributed by atoms with E-state index >= 15 is 0 Å². The first kappa shape index (κ1) is 17.3. The number of nitrogens with zero attached hydrogens (tertiary/aromatic N) is 1. The van der Waals surface area contributed by atoms with Crippen LogP contribution in [0.3, 0.4) is 0 Å². The molecule has 1 atom stereocenters. The second-order valence-corrected chi connectivity index (χ2v) is 4.88. The molecule has 0 aliphatic heterocycles. The second kappa shape index (κ2) is 9.23. The molecule has 0 bridgehead atoms. The molecule has 0 unspecified atom stereocenters. The molecule has 1 amide bonds. The fraction of sp³-hybridized carbons (Fsp3) is 0.562. The van der Waals surface area contributed by atoms with Crippen LogP contribution in [0.25, 0.3) is 0 Å². The Morgan fingerprint density at radius 1 is 1.33 bits per heavy atom. The van der Waals surface area contributed by atoms with E-state index in [1.807, 2.05) is 31.2 Å². The third kappa shape index (κ3) is 6.04. The van der Waals surface area contributed by atoms with E-state index in [1.54, 1.807) is 7.11 Å². The Kier molecular flexibility index (Phi) is 7.61. The lowest BCUT2D eigenvalue weighted by atomic mass is 10.2. The number of amides is 1. The first-order valence-electron chi connectivity index (χ1n) is 7.36. The minimum Gasteiger partial charge on any atom is -0.484 e. The van der Waals surface area contributed by atoms with Gasteiger partial charge in [0.15, 0.2) is 6.61 Å². The summed E-state index contributed by atoms with van der Waals surface area (Å²) in [6.07, 6.45) is 0. The standard InChI is InChI=1S/C16H26N2O3/c1-5-18(6-2)14-8-7-9-15(10-14)21-12-16(19)17-13(3)11-20-4/h7-10,13H,5-6,11-12H2,1-4H3,(H,17,19)/t13-/m1/s1. The Balaban J connectivity index is 2.52. The van der Waals surface area contributed by atoms with E-state index in [2.05, 4.69) is 24.1 Å². The molecule has 118 valence electrons. The maximum absolute atomic E-state index is 11.7. The average Bonchev–Trinajstić information content (AvgIpc) is 2.47. The van der Waals surface area contributed by atoms with Gasteiger partial charge in [-0.2, -0.15) is 0 Å². The first-order chi connectivity index (χ1) is 10.1. The summed E-state index contributed by atoms with van der Waals surface area (Å²) < 4.78 is 10.5. The van der Waals surface area contributed by atoms with Crippen LogP contribution in [0.5, 0.6) is 5.75 Å². The molecule has 1 aromatic carbocycles. The van der Waals surface area contributed by atoms with Gasteiger partial charge in [0.2, 0.25) is 0 Å². The first-order valence-corrected chi connectivity index (χ1v) is 7.36. The van der Waals surface area contributed by atoms with Crippen molar-refractivity contribution in [3.63, 3.8) is 0 Å². The van der Waals surface area contributed by atoms with Gasteiger partial charge in [0.05, 0.1) is 6.61 Å². The summed E-state index contributed by atoms with van der Waals surface area (Å²) in [6, 6.07) is 7.78. The van der Waals surface area contributed by atoms with Gasteiger partial charge >= 0.3 is 0 Å². The lowest BCUT2D eigenvalue weighted by molar-refractivity contribution is -0.124. The quantitative estimate of drug-likeness (QED) is 0.757. The largest absolute Gasteiger partial charge is 0.484 e. The molecule has 5 heteroatoms. The fourth-order valence-electron chi connectivity index (χ4n) is 2.12. The average molecular weight is 294 g/mol. The van der Waals surface area contributed by atoms with E-state index in [1.165, 1.54) is 0 Å². The number of nitrogens with one attached hydrogen (secondary N) is 1. The Hall–Kier alpha value is -1.75. The molecule has 0 aliphatic carbocycles. The predicted molar refractivity (Wildman–Crippen MR) is 85.0 cm³/mol. The van der Waals surface area contributed by atoms with Crippen molar-refractivity contribution in [3.05, 3.63) is 24.3 Å². The molecule has 0 aliphatic rings. The maximum atomic E-state index is 11.7. The number of methoxy groups -OCH3 is 1.